The van der Waals surface area contributed by atoms with Gasteiger partial charge in [-0.05, 0) is 60.5 Å². The maximum Gasteiger partial charge on any atom is 0.472 e. The molecule has 350 valence electrons. The summed E-state index contributed by atoms with van der Waals surface area (Å²) in [7, 11) is -10.5. The number of rotatable bonds is 27. The van der Waals surface area contributed by atoms with E-state index in [-0.39, 0.29) is 21.5 Å². The molecule has 8 N–H and O–H groups in total. The zero-order valence-electron chi connectivity index (χ0n) is 34.0. The number of ether oxygens (including phenoxy) is 2. The molecule has 1 saturated carbocycles. The van der Waals surface area contributed by atoms with Gasteiger partial charge in [0.05, 0.1) is 13.2 Å². The minimum atomic E-state index is -5.32. The second-order valence-corrected chi connectivity index (χ2v) is 16.7. The molecule has 0 radical (unpaired) electrons. The van der Waals surface area contributed by atoms with Gasteiger partial charge in [-0.15, -0.1) is 0 Å². The van der Waals surface area contributed by atoms with E-state index in [0.717, 1.165) is 43.9 Å². The van der Waals surface area contributed by atoms with Crippen molar-refractivity contribution in [3.63, 3.8) is 0 Å². The molecule has 4 unspecified atom stereocenters. The highest BCUT2D eigenvalue weighted by Gasteiger charge is 2.54. The lowest BCUT2D eigenvalue weighted by molar-refractivity contribution is -0.216. The SMILES string of the molecule is CC#CC#CC#CC#CSC(=O)CCC.CCCCCCCCCCCCCCCC(=O)O[C@H](COCO)COP(=O)(O)OC1C(O)[C@H](O)[C@H](O)C(OP(=O)(O)O)[C@@H]1O.[HH].[HH].[HH].[HH].[HH].[HH].[HH]. The van der Waals surface area contributed by atoms with Gasteiger partial charge >= 0.3 is 21.6 Å². The number of carbonyl (C=O) groups is 2. The second kappa shape index (κ2) is 34.3. The van der Waals surface area contributed by atoms with E-state index >= 15 is 0 Å². The molecular weight excluding hydrogens is 834 g/mol. The van der Waals surface area contributed by atoms with E-state index in [1.807, 2.05) is 6.92 Å². The van der Waals surface area contributed by atoms with E-state index in [4.69, 9.17) is 33.4 Å². The maximum absolute atomic E-state index is 12.5. The first-order valence-corrected chi connectivity index (χ1v) is 23.5. The molecule has 0 aliphatic heterocycles. The zero-order chi connectivity index (χ0) is 44.5. The maximum atomic E-state index is 12.5. The van der Waals surface area contributed by atoms with E-state index in [2.05, 4.69) is 58.1 Å². The molecular formula is C39H76O17P2S. The van der Waals surface area contributed by atoms with Crippen molar-refractivity contribution in [3.05, 3.63) is 0 Å². The van der Waals surface area contributed by atoms with Gasteiger partial charge in [0.1, 0.15) is 49.5 Å². The van der Waals surface area contributed by atoms with Crippen LogP contribution in [0.3, 0.4) is 0 Å². The van der Waals surface area contributed by atoms with Gasteiger partial charge in [0.25, 0.3) is 0 Å². The molecule has 0 heterocycles. The van der Waals surface area contributed by atoms with Crippen LogP contribution in [0.5, 0.6) is 0 Å². The van der Waals surface area contributed by atoms with Gasteiger partial charge in [-0.2, -0.15) is 0 Å². The first-order valence-electron chi connectivity index (χ1n) is 19.6. The number of aliphatic hydroxyl groups is 5. The number of thioether (sulfide) groups is 1. The smallest absolute Gasteiger partial charge is 0.457 e. The van der Waals surface area contributed by atoms with Crippen LogP contribution in [0.15, 0.2) is 0 Å². The Kier molecular flexibility index (Phi) is 33.0. The minimum absolute atomic E-state index is 0. The number of phosphoric acid groups is 2. The van der Waals surface area contributed by atoms with Crippen LogP contribution in [0, 0.1) is 46.7 Å². The van der Waals surface area contributed by atoms with Gasteiger partial charge in [0.2, 0.25) is 5.12 Å². The molecule has 59 heavy (non-hydrogen) atoms. The highest BCUT2D eigenvalue weighted by molar-refractivity contribution is 8.17. The van der Waals surface area contributed by atoms with Gasteiger partial charge in [-0.25, -0.2) is 9.13 Å². The van der Waals surface area contributed by atoms with Crippen molar-refractivity contribution in [3.8, 4) is 46.7 Å². The number of esters is 1. The van der Waals surface area contributed by atoms with Crippen molar-refractivity contribution >= 4 is 38.5 Å². The Morgan fingerprint density at radius 3 is 1.68 bits per heavy atom. The van der Waals surface area contributed by atoms with Crippen molar-refractivity contribution < 1.29 is 92.0 Å². The van der Waals surface area contributed by atoms with Crippen LogP contribution in [0.4, 0.5) is 0 Å². The third kappa shape index (κ3) is 29.6. The Morgan fingerprint density at radius 1 is 0.661 bits per heavy atom. The Hall–Kier alpha value is -2.29. The number of carbonyl (C=O) groups excluding carboxylic acids is 2. The highest BCUT2D eigenvalue weighted by Crippen LogP contribution is 2.49. The largest absolute Gasteiger partial charge is 0.472 e. The standard InChI is InChI=1S/C26H52O16P2.C13H10OS.7H2/c1-2-3-4-5-6-7-8-9-10-11-12-13-14-15-20(28)40-19(16-38-18-27)17-39-44(36,37)42-26-23(31)21(29)22(30)25(24(26)32)41-43(33,34)35;1-3-5-6-7-8-9-10-12-15-13(14)11-4-2;;;;;;;/h19,21-27,29-32H,2-18H2,1H3,(H,36,37)(H2,33,34,35);4,11H2,1-2H3;7*1H/t19-,21-,22+,23?,24+,25?,26?;;;;;;;;/m1......../s1. The summed E-state index contributed by atoms with van der Waals surface area (Å²) < 4.78 is 47.5. The Balaban J connectivity index is -0.000000220. The van der Waals surface area contributed by atoms with Gasteiger partial charge in [0.15, 0.2) is 0 Å². The summed E-state index contributed by atoms with van der Waals surface area (Å²) in [4.78, 5) is 51.4. The fraction of sp³-hybridized carbons (Fsp3) is 0.744. The number of hydrogen-bond donors (Lipinski definition) is 8. The third-order valence-electron chi connectivity index (χ3n) is 8.27. The van der Waals surface area contributed by atoms with Crippen LogP contribution >= 0.6 is 27.4 Å². The molecule has 0 bridgehead atoms. The fourth-order valence-electron chi connectivity index (χ4n) is 5.33. The van der Waals surface area contributed by atoms with E-state index in [0.29, 0.717) is 12.8 Å². The Morgan fingerprint density at radius 2 is 1.17 bits per heavy atom. The lowest BCUT2D eigenvalue weighted by Gasteiger charge is -2.43. The summed E-state index contributed by atoms with van der Waals surface area (Å²) in [6, 6.07) is 0. The van der Waals surface area contributed by atoms with E-state index < -0.39 is 84.3 Å². The first kappa shape index (κ1) is 56.7. The average molecular weight is 911 g/mol. The summed E-state index contributed by atoms with van der Waals surface area (Å²) in [5, 5.41) is 52.0. The summed E-state index contributed by atoms with van der Waals surface area (Å²) in [6.07, 6.45) is 1.65. The fourth-order valence-corrected chi connectivity index (χ4v) is 7.40. The van der Waals surface area contributed by atoms with Crippen LogP contribution in [-0.2, 0) is 41.8 Å². The molecule has 0 aromatic carbocycles. The van der Waals surface area contributed by atoms with Crippen molar-refractivity contribution in [2.75, 3.05) is 20.0 Å². The van der Waals surface area contributed by atoms with Crippen LogP contribution < -0.4 is 0 Å². The molecule has 1 aliphatic rings. The van der Waals surface area contributed by atoms with E-state index in [1.165, 1.54) is 51.4 Å². The summed E-state index contributed by atoms with van der Waals surface area (Å²) >= 11 is 0.991. The molecule has 1 rings (SSSR count). The minimum Gasteiger partial charge on any atom is -0.457 e. The monoisotopic (exact) mass is 910 g/mol. The van der Waals surface area contributed by atoms with Crippen LogP contribution in [0.2, 0.25) is 0 Å². The molecule has 0 amide bonds. The van der Waals surface area contributed by atoms with E-state index in [1.54, 1.807) is 6.92 Å². The molecule has 0 spiro atoms. The topological polar surface area (TPSA) is 276 Å². The number of aliphatic hydroxyl groups excluding tert-OH is 5. The predicted molar refractivity (Wildman–Crippen MR) is 234 cm³/mol. The normalized spacial score (nSPS) is 21.2. The van der Waals surface area contributed by atoms with Gasteiger partial charge in [0, 0.05) is 34.6 Å². The Bertz CT molecular complexity index is 1580. The molecule has 20 heteroatoms. The molecule has 0 saturated heterocycles. The second-order valence-electron chi connectivity index (χ2n) is 13.3. The summed E-state index contributed by atoms with van der Waals surface area (Å²) in [6.45, 7) is 3.91. The molecule has 0 aromatic heterocycles. The predicted octanol–water partition coefficient (Wildman–Crippen LogP) is 5.54. The summed E-state index contributed by atoms with van der Waals surface area (Å²) in [5.41, 5.74) is 0. The van der Waals surface area contributed by atoms with Gasteiger partial charge < -0.3 is 49.7 Å². The zero-order valence-corrected chi connectivity index (χ0v) is 36.6. The van der Waals surface area contributed by atoms with E-state index in [9.17, 15) is 44.0 Å². The van der Waals surface area contributed by atoms with Crippen molar-refractivity contribution in [1.29, 1.82) is 0 Å². The van der Waals surface area contributed by atoms with Gasteiger partial charge in [-0.3, -0.25) is 23.2 Å². The van der Waals surface area contributed by atoms with Crippen molar-refractivity contribution in [2.24, 2.45) is 0 Å². The quantitative estimate of drug-likeness (QED) is 0.0165. The average Bonchev–Trinajstić information content (AvgIpc) is 3.18. The lowest BCUT2D eigenvalue weighted by atomic mass is 9.85. The summed E-state index contributed by atoms with van der Waals surface area (Å²) in [5.74, 6) is 17.2. The van der Waals surface area contributed by atoms with Gasteiger partial charge in [-0.1, -0.05) is 96.8 Å². The number of unbranched alkanes of at least 4 members (excludes halogenated alkanes) is 12. The van der Waals surface area contributed by atoms with Crippen molar-refractivity contribution in [2.45, 2.75) is 166 Å². The number of hydrogen-bond acceptors (Lipinski definition) is 15. The van der Waals surface area contributed by atoms with Crippen LogP contribution in [0.1, 0.15) is 133 Å². The van der Waals surface area contributed by atoms with Crippen LogP contribution in [-0.4, -0.2) is 114 Å². The molecule has 1 fully saturated rings. The highest BCUT2D eigenvalue weighted by atomic mass is 32.2. The first-order chi connectivity index (χ1) is 28.0. The molecule has 1 aliphatic carbocycles. The van der Waals surface area contributed by atoms with Crippen LogP contribution in [0.25, 0.3) is 0 Å². The third-order valence-corrected chi connectivity index (χ3v) is 10.4. The Labute approximate surface area is 362 Å². The molecule has 0 aromatic rings. The number of phosphoric ester groups is 2. The molecule has 8 atom stereocenters. The van der Waals surface area contributed by atoms with Crippen molar-refractivity contribution in [1.82, 2.24) is 0 Å². The lowest BCUT2D eigenvalue weighted by Crippen LogP contribution is -2.64. The molecule has 17 nitrogen and oxygen atoms in total.